The van der Waals surface area contributed by atoms with Crippen LogP contribution in [0.3, 0.4) is 0 Å². The summed E-state index contributed by atoms with van der Waals surface area (Å²) in [6.07, 6.45) is 50.3. The zero-order valence-electron chi connectivity index (χ0n) is 57.7. The van der Waals surface area contributed by atoms with Gasteiger partial charge < -0.3 is 24.4 Å². The average molecular weight is 1300 g/mol. The maximum absolute atomic E-state index is 12.9. The molecule has 2 N–H and O–H groups in total. The van der Waals surface area contributed by atoms with Gasteiger partial charge in [-0.05, 0) is 268 Å². The lowest BCUT2D eigenvalue weighted by Gasteiger charge is -2.56. The van der Waals surface area contributed by atoms with Gasteiger partial charge in [-0.15, -0.1) is 30.9 Å². The number of esters is 2. The molecule has 508 valence electrons. The minimum Gasteiger partial charge on any atom is -0.508 e. The standard InChI is InChI=1S/C29H34O4.C23H29ClO3.C21H28O2.C6H6O.2C2H6/c1-3-28-16-14-24-23-13-11-21(30)18-20(23)10-12-25(24)26(28)15-17-29(28,4-2)33-27(31)19-32-22-8-6-5-7-9-22;1-3-22-11-9-18-17-8-6-16(25)13-15(17)5-7-19(18)20(22)10-12-23(22,4-2)27-21(26)14-24;1-3-20-11-9-17-16-8-6-15(22)13-14(16)5-7-18(17)19(20)10-12-21(20,23)4-2;7-6-4-2-1-3-5-6;2*1-2/h2,5-9,18,23-26H,3,10-17,19H2,1H3;2,13,17-20H,3,5-12,14H2,1H3;2,13,16-19,23H,3,5-12H2,1H3;1-5,7H;2*1-2H3/t23?,24?,25?,26?,28-,29-;17?,18?,19?,20?,22-,23-;16?,17?,18?,19?,20-,21-;;;/m000.../s1. The van der Waals surface area contributed by atoms with Crippen molar-refractivity contribution in [1.29, 1.82) is 0 Å². The predicted molar refractivity (Wildman–Crippen MR) is 373 cm³/mol. The Hall–Kier alpha value is -5.86. The molecule has 10 nitrogen and oxygen atoms in total. The molecule has 9 fully saturated rings. The lowest BCUT2D eigenvalue weighted by Crippen LogP contribution is -2.55. The molecule has 14 rings (SSSR count). The second kappa shape index (κ2) is 31.1. The number of hydrogen-bond donors (Lipinski definition) is 2. The van der Waals surface area contributed by atoms with Crippen molar-refractivity contribution in [2.45, 2.75) is 239 Å². The number of aliphatic hydroxyl groups is 1. The normalized spacial score (nSPS) is 38.1. The van der Waals surface area contributed by atoms with Crippen LogP contribution in [0.2, 0.25) is 0 Å². The average Bonchev–Trinajstić information content (AvgIpc) is 1.51. The van der Waals surface area contributed by atoms with Crippen LogP contribution in [0.25, 0.3) is 0 Å². The summed E-state index contributed by atoms with van der Waals surface area (Å²) in [4.78, 5) is 60.5. The number of carbonyl (C=O) groups is 5. The molecule has 0 spiro atoms. The van der Waals surface area contributed by atoms with Gasteiger partial charge in [0.05, 0.1) is 0 Å². The molecule has 0 aromatic heterocycles. The first-order chi connectivity index (χ1) is 45.5. The van der Waals surface area contributed by atoms with Crippen molar-refractivity contribution in [3.05, 3.63) is 95.6 Å². The van der Waals surface area contributed by atoms with Gasteiger partial charge >= 0.3 is 11.9 Å². The first kappa shape index (κ1) is 72.4. The molecule has 0 bridgehead atoms. The lowest BCUT2D eigenvalue weighted by atomic mass is 9.49. The van der Waals surface area contributed by atoms with Crippen molar-refractivity contribution in [3.63, 3.8) is 0 Å². The van der Waals surface area contributed by atoms with Crippen LogP contribution in [0, 0.1) is 124 Å². The van der Waals surface area contributed by atoms with E-state index >= 15 is 0 Å². The molecule has 0 saturated heterocycles. The van der Waals surface area contributed by atoms with E-state index in [2.05, 4.69) is 38.5 Å². The van der Waals surface area contributed by atoms with Crippen LogP contribution in [0.4, 0.5) is 0 Å². The number of fused-ring (bicyclic) bond motifs is 15. The molecule has 0 amide bonds. The van der Waals surface area contributed by atoms with Gasteiger partial charge in [-0.2, -0.15) is 0 Å². The van der Waals surface area contributed by atoms with Crippen molar-refractivity contribution in [2.75, 3.05) is 12.5 Å². The summed E-state index contributed by atoms with van der Waals surface area (Å²) in [7, 11) is 0. The molecule has 9 saturated carbocycles. The third kappa shape index (κ3) is 13.4. The zero-order valence-corrected chi connectivity index (χ0v) is 58.5. The summed E-state index contributed by atoms with van der Waals surface area (Å²) in [5.41, 5.74) is 1.30. The van der Waals surface area contributed by atoms with Gasteiger partial charge in [0.1, 0.15) is 23.0 Å². The van der Waals surface area contributed by atoms with E-state index in [-0.39, 0.29) is 34.7 Å². The zero-order chi connectivity index (χ0) is 67.6. The van der Waals surface area contributed by atoms with E-state index in [1.54, 1.807) is 24.3 Å². The number of halogens is 1. The highest BCUT2D eigenvalue weighted by Crippen LogP contribution is 2.70. The van der Waals surface area contributed by atoms with Crippen LogP contribution in [0.1, 0.15) is 222 Å². The minimum absolute atomic E-state index is 0.0609. The van der Waals surface area contributed by atoms with Crippen LogP contribution in [-0.2, 0) is 33.4 Å². The summed E-state index contributed by atoms with van der Waals surface area (Å²) in [6.45, 7) is 14.5. The van der Waals surface area contributed by atoms with Gasteiger partial charge in [0.25, 0.3) is 0 Å². The van der Waals surface area contributed by atoms with E-state index in [1.807, 2.05) is 82.3 Å². The van der Waals surface area contributed by atoms with Gasteiger partial charge in [0, 0.05) is 35.5 Å². The van der Waals surface area contributed by atoms with Gasteiger partial charge in [0.2, 0.25) is 0 Å². The van der Waals surface area contributed by atoms with Crippen LogP contribution in [-0.4, -0.2) is 68.8 Å². The second-order valence-corrected chi connectivity index (χ2v) is 29.4. The highest BCUT2D eigenvalue weighted by molar-refractivity contribution is 6.26. The monoisotopic (exact) mass is 1300 g/mol. The number of carbonyl (C=O) groups excluding carboxylic acids is 5. The number of allylic oxidation sites excluding steroid dienone is 3. The number of phenolic OH excluding ortho intramolecular Hbond substituents is 1. The number of para-hydroxylation sites is 2. The van der Waals surface area contributed by atoms with Crippen LogP contribution in [0.15, 0.2) is 95.6 Å². The number of hydrogen-bond acceptors (Lipinski definition) is 10. The van der Waals surface area contributed by atoms with Crippen LogP contribution >= 0.6 is 11.6 Å². The summed E-state index contributed by atoms with van der Waals surface area (Å²) in [5.74, 6) is 16.9. The Bertz CT molecular complexity index is 3230. The fourth-order valence-electron chi connectivity index (χ4n) is 22.7. The summed E-state index contributed by atoms with van der Waals surface area (Å²) < 4.78 is 17.7. The summed E-state index contributed by atoms with van der Waals surface area (Å²) in [5, 5.41) is 19.7. The largest absolute Gasteiger partial charge is 0.508 e. The van der Waals surface area contributed by atoms with Gasteiger partial charge in [-0.25, -0.2) is 4.79 Å². The maximum Gasteiger partial charge on any atom is 0.345 e. The first-order valence-electron chi connectivity index (χ1n) is 36.7. The maximum atomic E-state index is 12.9. The molecule has 12 aliphatic rings. The molecule has 2 aromatic rings. The number of phenols is 1. The number of aromatic hydroxyl groups is 1. The SMILES string of the molecule is C#C[C@]1(O)CCC2C3CCC4=CC(=O)CCC4C3CC[C@@]21CC.C#C[C@]1(OC(=O)CCl)CCC2C3CCC4=CC(=O)CCC4C3CC[C@@]21CC.C#C[C@]1(OC(=O)COc2ccccc2)CCC2C3CCC4=CC(=O)CCC4C3CC[C@@]21CC.CC.CC.Oc1ccccc1. The highest BCUT2D eigenvalue weighted by atomic mass is 35.5. The number of benzene rings is 2. The van der Waals surface area contributed by atoms with Crippen molar-refractivity contribution in [3.8, 4) is 48.5 Å². The number of rotatable bonds is 9. The molecule has 12 unspecified atom stereocenters. The molecule has 12 aliphatic carbocycles. The Kier molecular flexibility index (Phi) is 24.0. The minimum atomic E-state index is -0.893. The molecular weight excluding hydrogens is 1190 g/mol. The molecule has 0 heterocycles. The summed E-state index contributed by atoms with van der Waals surface area (Å²) >= 11 is 5.74. The van der Waals surface area contributed by atoms with Crippen LogP contribution in [0.5, 0.6) is 11.5 Å². The number of terminal acetylenes is 3. The van der Waals surface area contributed by atoms with E-state index in [1.165, 1.54) is 29.6 Å². The van der Waals surface area contributed by atoms with Crippen molar-refractivity contribution in [2.24, 2.45) is 87.3 Å². The van der Waals surface area contributed by atoms with Crippen molar-refractivity contribution >= 4 is 40.9 Å². The Balaban J connectivity index is 0.000000155. The third-order valence-corrected chi connectivity index (χ3v) is 26.7. The fourth-order valence-corrected chi connectivity index (χ4v) is 22.8. The number of alkyl halides is 1. The number of ketones is 3. The molecule has 94 heavy (non-hydrogen) atoms. The molecule has 0 radical (unpaired) electrons. The topological polar surface area (TPSA) is 154 Å². The predicted octanol–water partition coefficient (Wildman–Crippen LogP) is 17.5. The third-order valence-electron chi connectivity index (χ3n) is 26.5. The smallest absolute Gasteiger partial charge is 0.345 e. The Morgan fingerprint density at radius 3 is 1.21 bits per heavy atom. The van der Waals surface area contributed by atoms with E-state index in [0.717, 1.165) is 148 Å². The van der Waals surface area contributed by atoms with E-state index < -0.39 is 22.8 Å². The molecular formula is C83H109ClO10. The summed E-state index contributed by atoms with van der Waals surface area (Å²) in [6, 6.07) is 18.0. The lowest BCUT2D eigenvalue weighted by molar-refractivity contribution is -0.175. The Morgan fingerprint density at radius 2 is 0.851 bits per heavy atom. The van der Waals surface area contributed by atoms with Gasteiger partial charge in [-0.3, -0.25) is 19.2 Å². The van der Waals surface area contributed by atoms with E-state index in [9.17, 15) is 29.1 Å². The number of ether oxygens (including phenoxy) is 3. The van der Waals surface area contributed by atoms with Gasteiger partial charge in [-0.1, -0.05) is 119 Å². The molecule has 18 atom stereocenters. The second-order valence-electron chi connectivity index (χ2n) is 29.1. The molecule has 0 aliphatic heterocycles. The highest BCUT2D eigenvalue weighted by Gasteiger charge is 2.68. The van der Waals surface area contributed by atoms with Crippen molar-refractivity contribution in [1.82, 2.24) is 0 Å². The van der Waals surface area contributed by atoms with Crippen molar-refractivity contribution < 1.29 is 48.4 Å². The van der Waals surface area contributed by atoms with E-state index in [4.69, 9.17) is 50.2 Å². The first-order valence-corrected chi connectivity index (χ1v) is 37.3. The van der Waals surface area contributed by atoms with Gasteiger partial charge in [0.15, 0.2) is 35.2 Å². The van der Waals surface area contributed by atoms with Crippen LogP contribution < -0.4 is 4.74 Å². The molecule has 11 heteroatoms. The molecule has 2 aromatic carbocycles. The van der Waals surface area contributed by atoms with E-state index in [0.29, 0.717) is 113 Å². The fraction of sp³-hybridized carbons (Fsp3) is 0.651. The Morgan fingerprint density at radius 1 is 0.479 bits per heavy atom. The Labute approximate surface area is 568 Å². The quantitative estimate of drug-likeness (QED) is 0.141.